The molecular weight excluding hydrogens is 563 g/mol. The van der Waals surface area contributed by atoms with Crippen molar-refractivity contribution in [2.75, 3.05) is 23.3 Å². The van der Waals surface area contributed by atoms with Gasteiger partial charge in [0.2, 0.25) is 5.95 Å². The molecule has 0 amide bonds. The molecule has 0 unspecified atom stereocenters. The third-order valence-electron chi connectivity index (χ3n) is 6.25. The summed E-state index contributed by atoms with van der Waals surface area (Å²) in [6.07, 6.45) is 3.32. The summed E-state index contributed by atoms with van der Waals surface area (Å²) in [7, 11) is -4.64. The van der Waals surface area contributed by atoms with Crippen LogP contribution in [0.5, 0.6) is 0 Å². The van der Waals surface area contributed by atoms with Crippen LogP contribution in [0.15, 0.2) is 53.6 Å². The Morgan fingerprint density at radius 1 is 1.00 bits per heavy atom. The molecule has 2 aromatic heterocycles. The minimum atomic E-state index is -4.64. The van der Waals surface area contributed by atoms with Crippen molar-refractivity contribution in [1.29, 1.82) is 0 Å². The minimum Gasteiger partial charge on any atom is -0.381 e. The van der Waals surface area contributed by atoms with Crippen LogP contribution in [0.2, 0.25) is 0 Å². The lowest BCUT2D eigenvalue weighted by Crippen LogP contribution is -2.28. The summed E-state index contributed by atoms with van der Waals surface area (Å²) in [6, 6.07) is 7.79. The van der Waals surface area contributed by atoms with Crippen molar-refractivity contribution >= 4 is 33.0 Å². The first-order chi connectivity index (χ1) is 19.1. The van der Waals surface area contributed by atoms with Gasteiger partial charge in [-0.05, 0) is 55.3 Å². The standard InChI is InChI=1S/C27H26F3N5O3S2/c1-15(2)26-34-24(25(39-26)21-7-10-31-27(33-21)32-18-8-11-38-12-9-18)16-3-5-19(29)22(13-16)35-40(36,37)23-14-17(28)4-6-20(23)30/h3-7,10,13-15,18,35H,8-9,11-12H2,1-2H3,(H,31,32,33). The molecule has 4 aromatic rings. The summed E-state index contributed by atoms with van der Waals surface area (Å²) in [5, 5.41) is 4.15. The lowest BCUT2D eigenvalue weighted by Gasteiger charge is -2.23. The molecule has 0 spiro atoms. The van der Waals surface area contributed by atoms with Crippen LogP contribution >= 0.6 is 11.3 Å². The smallest absolute Gasteiger partial charge is 0.265 e. The zero-order chi connectivity index (χ0) is 28.4. The fourth-order valence-corrected chi connectivity index (χ4v) is 6.37. The Morgan fingerprint density at radius 3 is 2.50 bits per heavy atom. The molecule has 1 aliphatic rings. The average Bonchev–Trinajstić information content (AvgIpc) is 3.38. The molecule has 3 heterocycles. The van der Waals surface area contributed by atoms with Gasteiger partial charge in [-0.2, -0.15) is 0 Å². The van der Waals surface area contributed by atoms with Crippen molar-refractivity contribution in [3.05, 3.63) is 71.1 Å². The normalized spacial score (nSPS) is 14.4. The fourth-order valence-electron chi connectivity index (χ4n) is 4.17. The number of nitrogens with one attached hydrogen (secondary N) is 2. The summed E-state index contributed by atoms with van der Waals surface area (Å²) in [5.74, 6) is -2.47. The van der Waals surface area contributed by atoms with Crippen LogP contribution in [0, 0.1) is 17.5 Å². The summed E-state index contributed by atoms with van der Waals surface area (Å²) >= 11 is 1.42. The molecule has 8 nitrogen and oxygen atoms in total. The van der Waals surface area contributed by atoms with Crippen molar-refractivity contribution in [1.82, 2.24) is 15.0 Å². The van der Waals surface area contributed by atoms with Gasteiger partial charge in [-0.1, -0.05) is 13.8 Å². The molecular formula is C27H26F3N5O3S2. The molecule has 1 saturated heterocycles. The van der Waals surface area contributed by atoms with Gasteiger partial charge in [-0.3, -0.25) is 4.72 Å². The summed E-state index contributed by atoms with van der Waals surface area (Å²) in [5.41, 5.74) is 1.05. The monoisotopic (exact) mass is 589 g/mol. The second kappa shape index (κ2) is 11.5. The molecule has 0 bridgehead atoms. The van der Waals surface area contributed by atoms with Gasteiger partial charge in [0.05, 0.1) is 27.0 Å². The first-order valence-corrected chi connectivity index (χ1v) is 14.9. The number of aromatic nitrogens is 3. The van der Waals surface area contributed by atoms with E-state index in [9.17, 15) is 21.6 Å². The first kappa shape index (κ1) is 28.0. The van der Waals surface area contributed by atoms with Crippen LogP contribution in [-0.4, -0.2) is 42.6 Å². The number of nitrogens with zero attached hydrogens (tertiary/aromatic N) is 3. The Balaban J connectivity index is 1.52. The van der Waals surface area contributed by atoms with Crippen molar-refractivity contribution in [2.24, 2.45) is 0 Å². The third kappa shape index (κ3) is 6.11. The summed E-state index contributed by atoms with van der Waals surface area (Å²) in [4.78, 5) is 13.6. The Morgan fingerprint density at radius 2 is 1.75 bits per heavy atom. The molecule has 40 heavy (non-hydrogen) atoms. The van der Waals surface area contributed by atoms with Crippen molar-refractivity contribution < 1.29 is 26.3 Å². The van der Waals surface area contributed by atoms with E-state index in [4.69, 9.17) is 14.7 Å². The largest absolute Gasteiger partial charge is 0.381 e. The Labute approximate surface area is 233 Å². The summed E-state index contributed by atoms with van der Waals surface area (Å²) in [6.45, 7) is 5.30. The molecule has 1 fully saturated rings. The Kier molecular flexibility index (Phi) is 8.06. The average molecular weight is 590 g/mol. The number of hydrogen-bond acceptors (Lipinski definition) is 8. The third-order valence-corrected chi connectivity index (χ3v) is 9.01. The van der Waals surface area contributed by atoms with Crippen LogP contribution in [0.3, 0.4) is 0 Å². The van der Waals surface area contributed by atoms with Gasteiger partial charge >= 0.3 is 0 Å². The maximum Gasteiger partial charge on any atom is 0.265 e. The van der Waals surface area contributed by atoms with E-state index in [0.717, 1.165) is 30.0 Å². The van der Waals surface area contributed by atoms with E-state index in [1.54, 1.807) is 12.3 Å². The van der Waals surface area contributed by atoms with Crippen LogP contribution in [-0.2, 0) is 14.8 Å². The van der Waals surface area contributed by atoms with Gasteiger partial charge in [0.1, 0.15) is 22.3 Å². The van der Waals surface area contributed by atoms with Crippen molar-refractivity contribution in [3.8, 4) is 21.8 Å². The second-order valence-electron chi connectivity index (χ2n) is 9.56. The molecule has 210 valence electrons. The predicted molar refractivity (Wildman–Crippen MR) is 147 cm³/mol. The predicted octanol–water partition coefficient (Wildman–Crippen LogP) is 6.20. The highest BCUT2D eigenvalue weighted by Gasteiger charge is 2.24. The van der Waals surface area contributed by atoms with Gasteiger partial charge in [0, 0.05) is 36.9 Å². The number of hydrogen-bond donors (Lipinski definition) is 2. The molecule has 2 aromatic carbocycles. The van der Waals surface area contributed by atoms with E-state index in [1.165, 1.54) is 23.5 Å². The van der Waals surface area contributed by atoms with Gasteiger partial charge in [-0.25, -0.2) is 36.5 Å². The number of anilines is 2. The van der Waals surface area contributed by atoms with Gasteiger partial charge in [0.15, 0.2) is 0 Å². The van der Waals surface area contributed by atoms with E-state index in [0.29, 0.717) is 53.1 Å². The Hall–Kier alpha value is -3.55. The minimum absolute atomic E-state index is 0.0774. The van der Waals surface area contributed by atoms with Crippen LogP contribution in [0.25, 0.3) is 21.8 Å². The van der Waals surface area contributed by atoms with Crippen molar-refractivity contribution in [2.45, 2.75) is 43.5 Å². The van der Waals surface area contributed by atoms with Gasteiger partial charge in [-0.15, -0.1) is 11.3 Å². The number of halogens is 3. The lowest BCUT2D eigenvalue weighted by molar-refractivity contribution is 0.0903. The molecule has 0 radical (unpaired) electrons. The van der Waals surface area contributed by atoms with E-state index < -0.39 is 38.1 Å². The van der Waals surface area contributed by atoms with Crippen LogP contribution < -0.4 is 10.0 Å². The number of rotatable bonds is 8. The number of thiazole rings is 1. The van der Waals surface area contributed by atoms with E-state index >= 15 is 0 Å². The number of ether oxygens (including phenoxy) is 1. The molecule has 5 rings (SSSR count). The highest BCUT2D eigenvalue weighted by Crippen LogP contribution is 2.40. The van der Waals surface area contributed by atoms with Crippen LogP contribution in [0.4, 0.5) is 24.8 Å². The molecule has 0 saturated carbocycles. The number of sulfonamides is 1. The SMILES string of the molecule is CC(C)c1nc(-c2ccc(F)c(NS(=O)(=O)c3cc(F)ccc3F)c2)c(-c2ccnc(NC3CCOCC3)n2)s1. The summed E-state index contributed by atoms with van der Waals surface area (Å²) < 4.78 is 75.8. The van der Waals surface area contributed by atoms with Crippen molar-refractivity contribution in [3.63, 3.8) is 0 Å². The molecule has 1 aliphatic heterocycles. The number of benzene rings is 2. The zero-order valence-electron chi connectivity index (χ0n) is 21.6. The molecule has 0 aliphatic carbocycles. The second-order valence-corrected chi connectivity index (χ2v) is 12.2. The highest BCUT2D eigenvalue weighted by atomic mass is 32.2. The molecule has 13 heteroatoms. The van der Waals surface area contributed by atoms with E-state index in [2.05, 4.69) is 10.3 Å². The zero-order valence-corrected chi connectivity index (χ0v) is 23.3. The first-order valence-electron chi connectivity index (χ1n) is 12.6. The van der Waals surface area contributed by atoms with E-state index in [1.807, 2.05) is 18.6 Å². The maximum absolute atomic E-state index is 14.8. The fraction of sp³-hybridized carbons (Fsp3) is 0.296. The maximum atomic E-state index is 14.8. The highest BCUT2D eigenvalue weighted by molar-refractivity contribution is 7.92. The van der Waals surface area contributed by atoms with E-state index in [-0.39, 0.29) is 12.0 Å². The Bertz CT molecular complexity index is 1640. The quantitative estimate of drug-likeness (QED) is 0.252. The topological polar surface area (TPSA) is 106 Å². The van der Waals surface area contributed by atoms with Gasteiger partial charge < -0.3 is 10.1 Å². The van der Waals surface area contributed by atoms with Crippen LogP contribution in [0.1, 0.15) is 37.6 Å². The molecule has 2 N–H and O–H groups in total. The van der Waals surface area contributed by atoms with Gasteiger partial charge in [0.25, 0.3) is 10.0 Å². The molecule has 0 atom stereocenters. The lowest BCUT2D eigenvalue weighted by atomic mass is 10.1.